The first-order valence-corrected chi connectivity index (χ1v) is 4.50. The highest BCUT2D eigenvalue weighted by molar-refractivity contribution is 7.10. The van der Waals surface area contributed by atoms with Crippen molar-refractivity contribution in [2.75, 3.05) is 6.61 Å². The van der Waals surface area contributed by atoms with Crippen molar-refractivity contribution >= 4 is 22.9 Å². The van der Waals surface area contributed by atoms with E-state index in [0.717, 1.165) is 16.0 Å². The topological polar surface area (TPSA) is 44.1 Å². The molecule has 0 amide bonds. The average molecular weight is 207 g/mol. The molecule has 0 saturated carbocycles. The molecule has 0 spiro atoms. The molecule has 66 valence electrons. The first kappa shape index (κ1) is 9.28. The van der Waals surface area contributed by atoms with E-state index in [-0.39, 0.29) is 10.9 Å². The smallest absolute Gasteiger partial charge is 0.329 e. The van der Waals surface area contributed by atoms with E-state index in [1.807, 2.05) is 0 Å². The summed E-state index contributed by atoms with van der Waals surface area (Å²) in [7, 11) is 0. The Kier molecular flexibility index (Phi) is 3.31. The maximum Gasteiger partial charge on any atom is 0.329 e. The van der Waals surface area contributed by atoms with E-state index in [0.29, 0.717) is 11.8 Å². The van der Waals surface area contributed by atoms with Crippen LogP contribution in [0.15, 0.2) is 17.4 Å². The van der Waals surface area contributed by atoms with Crippen LogP contribution in [0.5, 0.6) is 5.19 Å². The minimum Gasteiger partial charge on any atom is -0.465 e. The summed E-state index contributed by atoms with van der Waals surface area (Å²) in [5.74, 6) is 0. The number of halogens is 1. The van der Waals surface area contributed by atoms with Crippen LogP contribution in [0.25, 0.3) is 0 Å². The first-order chi connectivity index (χ1) is 5.77. The molecule has 0 aromatic carbocycles. The Balaban J connectivity index is 2.75. The number of alkyl halides is 1. The molecule has 0 radical (unpaired) electrons. The summed E-state index contributed by atoms with van der Waals surface area (Å²) in [6, 6.07) is 0.0484. The van der Waals surface area contributed by atoms with E-state index < -0.39 is 0 Å². The van der Waals surface area contributed by atoms with E-state index in [2.05, 4.69) is 11.7 Å². The zero-order valence-corrected chi connectivity index (χ0v) is 7.77. The van der Waals surface area contributed by atoms with Gasteiger partial charge in [-0.05, 0) is 11.3 Å². The highest BCUT2D eigenvalue weighted by atomic mass is 35.5. The Morgan fingerprint density at radius 2 is 2.58 bits per heavy atom. The molecule has 1 heterocycles. The molecule has 0 unspecified atom stereocenters. The monoisotopic (exact) mass is 206 g/mol. The van der Waals surface area contributed by atoms with Gasteiger partial charge in [0.25, 0.3) is 5.19 Å². The molecule has 0 atom stereocenters. The van der Waals surface area contributed by atoms with Crippen LogP contribution in [0.2, 0.25) is 0 Å². The quantitative estimate of drug-likeness (QED) is 0.547. The highest BCUT2D eigenvalue weighted by Gasteiger charge is 2.04. The maximum absolute atomic E-state index is 11.0. The summed E-state index contributed by atoms with van der Waals surface area (Å²) >= 11 is 6.33. The van der Waals surface area contributed by atoms with Crippen LogP contribution in [-0.4, -0.2) is 16.4 Å². The van der Waals surface area contributed by atoms with Crippen LogP contribution in [0.4, 0.5) is 0 Å². The molecule has 0 N–H and O–H groups in total. The number of aromatic nitrogens is 2. The number of hydrogen-bond donors (Lipinski definition) is 0. The summed E-state index contributed by atoms with van der Waals surface area (Å²) in [4.78, 5) is 10.7. The third kappa shape index (κ3) is 2.09. The van der Waals surface area contributed by atoms with Crippen molar-refractivity contribution in [2.24, 2.45) is 0 Å². The van der Waals surface area contributed by atoms with Gasteiger partial charge in [0.2, 0.25) is 0 Å². The standard InChI is InChI=1S/C6H7ClN2O2S/c1-2-3-11-5-8-9(4-7)6(10)12-5/h2H,1,3-4H2. The van der Waals surface area contributed by atoms with E-state index in [4.69, 9.17) is 16.3 Å². The Morgan fingerprint density at radius 3 is 3.08 bits per heavy atom. The van der Waals surface area contributed by atoms with Crippen LogP contribution in [0, 0.1) is 0 Å². The van der Waals surface area contributed by atoms with Crippen LogP contribution >= 0.6 is 22.9 Å². The minimum absolute atomic E-state index is 0.0484. The Morgan fingerprint density at radius 1 is 1.83 bits per heavy atom. The number of ether oxygens (including phenoxy) is 1. The van der Waals surface area contributed by atoms with E-state index in [9.17, 15) is 4.79 Å². The van der Waals surface area contributed by atoms with Gasteiger partial charge in [-0.15, -0.1) is 16.7 Å². The predicted octanol–water partition coefficient (Wildman–Crippen LogP) is 1.07. The van der Waals surface area contributed by atoms with Gasteiger partial charge in [-0.25, -0.2) is 4.68 Å². The lowest BCUT2D eigenvalue weighted by atomic mass is 10.7. The van der Waals surface area contributed by atoms with Gasteiger partial charge in [0.05, 0.1) is 0 Å². The fourth-order valence-electron chi connectivity index (χ4n) is 0.551. The van der Waals surface area contributed by atoms with Crippen molar-refractivity contribution in [3.63, 3.8) is 0 Å². The molecule has 0 aliphatic heterocycles. The van der Waals surface area contributed by atoms with Crippen molar-refractivity contribution in [3.8, 4) is 5.19 Å². The van der Waals surface area contributed by atoms with Gasteiger partial charge in [-0.2, -0.15) is 0 Å². The molecular weight excluding hydrogens is 200 g/mol. The van der Waals surface area contributed by atoms with Crippen molar-refractivity contribution in [1.82, 2.24) is 9.78 Å². The third-order valence-corrected chi connectivity index (χ3v) is 2.01. The van der Waals surface area contributed by atoms with Crippen LogP contribution in [-0.2, 0) is 6.00 Å². The summed E-state index contributed by atoms with van der Waals surface area (Å²) < 4.78 is 6.16. The van der Waals surface area contributed by atoms with Gasteiger partial charge in [0.15, 0.2) is 0 Å². The summed E-state index contributed by atoms with van der Waals surface area (Å²) in [6.07, 6.45) is 1.58. The van der Waals surface area contributed by atoms with E-state index >= 15 is 0 Å². The average Bonchev–Trinajstić information content (AvgIpc) is 2.43. The molecule has 6 heteroatoms. The largest absolute Gasteiger partial charge is 0.465 e. The molecule has 0 bridgehead atoms. The molecule has 1 aromatic rings. The highest BCUT2D eigenvalue weighted by Crippen LogP contribution is 2.09. The lowest BCUT2D eigenvalue weighted by molar-refractivity contribution is 0.352. The molecule has 0 aliphatic rings. The molecule has 4 nitrogen and oxygen atoms in total. The van der Waals surface area contributed by atoms with Crippen molar-refractivity contribution in [1.29, 1.82) is 0 Å². The molecule has 0 aliphatic carbocycles. The number of rotatable bonds is 4. The lowest BCUT2D eigenvalue weighted by Crippen LogP contribution is -2.11. The van der Waals surface area contributed by atoms with Crippen LogP contribution in [0.3, 0.4) is 0 Å². The minimum atomic E-state index is -0.218. The van der Waals surface area contributed by atoms with Crippen molar-refractivity contribution in [2.45, 2.75) is 6.00 Å². The number of hydrogen-bond acceptors (Lipinski definition) is 4. The Hall–Kier alpha value is -0.810. The fraction of sp³-hybridized carbons (Fsp3) is 0.333. The molecule has 12 heavy (non-hydrogen) atoms. The zero-order chi connectivity index (χ0) is 8.97. The lowest BCUT2D eigenvalue weighted by Gasteiger charge is -1.93. The van der Waals surface area contributed by atoms with Crippen molar-refractivity contribution in [3.05, 3.63) is 22.3 Å². The van der Waals surface area contributed by atoms with Crippen molar-refractivity contribution < 1.29 is 4.74 Å². The van der Waals surface area contributed by atoms with Gasteiger partial charge < -0.3 is 4.74 Å². The third-order valence-electron chi connectivity index (χ3n) is 1.03. The van der Waals surface area contributed by atoms with Gasteiger partial charge in [-0.1, -0.05) is 12.7 Å². The van der Waals surface area contributed by atoms with Crippen LogP contribution in [0.1, 0.15) is 0 Å². The normalized spacial score (nSPS) is 9.75. The zero-order valence-electron chi connectivity index (χ0n) is 6.20. The molecule has 1 rings (SSSR count). The Labute approximate surface area is 78.0 Å². The summed E-state index contributed by atoms with van der Waals surface area (Å²) in [6.45, 7) is 3.81. The molecule has 0 fully saturated rings. The first-order valence-electron chi connectivity index (χ1n) is 3.15. The Bertz CT molecular complexity index is 320. The second-order valence-electron chi connectivity index (χ2n) is 1.85. The maximum atomic E-state index is 11.0. The molecule has 1 aromatic heterocycles. The van der Waals surface area contributed by atoms with Gasteiger partial charge >= 0.3 is 4.87 Å². The van der Waals surface area contributed by atoms with E-state index in [1.165, 1.54) is 0 Å². The van der Waals surface area contributed by atoms with E-state index in [1.54, 1.807) is 6.08 Å². The summed E-state index contributed by atoms with van der Waals surface area (Å²) in [5, 5.41) is 4.11. The second-order valence-corrected chi connectivity index (χ2v) is 2.99. The molecule has 0 saturated heterocycles. The second kappa shape index (κ2) is 4.27. The fourth-order valence-corrected chi connectivity index (χ4v) is 1.41. The van der Waals surface area contributed by atoms with Gasteiger partial charge in [0.1, 0.15) is 12.6 Å². The summed E-state index contributed by atoms with van der Waals surface area (Å²) in [5.41, 5.74) is 0. The van der Waals surface area contributed by atoms with Gasteiger partial charge in [-0.3, -0.25) is 4.79 Å². The van der Waals surface area contributed by atoms with Gasteiger partial charge in [0, 0.05) is 0 Å². The predicted molar refractivity (Wildman–Crippen MR) is 47.9 cm³/mol. The SMILES string of the molecule is C=CCOc1nn(CCl)c(=O)s1. The molecular formula is C6H7ClN2O2S. The van der Waals surface area contributed by atoms with Crippen LogP contribution < -0.4 is 9.61 Å². The number of nitrogens with zero attached hydrogens (tertiary/aromatic N) is 2.